The van der Waals surface area contributed by atoms with Crippen LogP contribution in [-0.2, 0) is 20.8 Å². The maximum atomic E-state index is 12.8. The first-order valence-corrected chi connectivity index (χ1v) is 11.5. The average molecular weight is 437 g/mol. The van der Waals surface area contributed by atoms with Crippen LogP contribution in [0, 0.1) is 0 Å². The number of carbonyl (C=O) groups is 2. The number of likely N-dealkylation sites (tertiary alicyclic amines) is 1. The van der Waals surface area contributed by atoms with Crippen LogP contribution in [0.2, 0.25) is 0 Å². The summed E-state index contributed by atoms with van der Waals surface area (Å²) < 4.78 is 12.6. The van der Waals surface area contributed by atoms with Gasteiger partial charge in [-0.25, -0.2) is 4.68 Å². The number of carbonyl (C=O) groups excluding carboxylic acids is 2. The lowest BCUT2D eigenvalue weighted by Crippen LogP contribution is -2.51. The van der Waals surface area contributed by atoms with E-state index in [9.17, 15) is 9.59 Å². The first-order valence-electron chi connectivity index (χ1n) is 11.5. The first kappa shape index (κ1) is 23.6. The van der Waals surface area contributed by atoms with Gasteiger partial charge in [0, 0.05) is 52.5 Å². The molecule has 0 saturated carbocycles. The molecule has 0 radical (unpaired) electrons. The van der Waals surface area contributed by atoms with Crippen LogP contribution in [0.15, 0.2) is 6.20 Å². The predicted molar refractivity (Wildman–Crippen MR) is 114 cm³/mol. The third-order valence-electron chi connectivity index (χ3n) is 5.78. The molecule has 10 heteroatoms. The molecule has 2 aliphatic heterocycles. The van der Waals surface area contributed by atoms with Crippen molar-refractivity contribution in [3.05, 3.63) is 11.9 Å². The zero-order valence-electron chi connectivity index (χ0n) is 18.9. The average Bonchev–Trinajstić information content (AvgIpc) is 3.05. The van der Waals surface area contributed by atoms with Gasteiger partial charge in [-0.2, -0.15) is 0 Å². The number of hydrogen-bond acceptors (Lipinski definition) is 7. The summed E-state index contributed by atoms with van der Waals surface area (Å²) in [7, 11) is 0. The third kappa shape index (κ3) is 6.98. The number of amides is 2. The van der Waals surface area contributed by atoms with Crippen molar-refractivity contribution in [3.8, 4) is 0 Å². The summed E-state index contributed by atoms with van der Waals surface area (Å²) in [6.45, 7) is 10.0. The smallest absolute Gasteiger partial charge is 0.276 e. The van der Waals surface area contributed by atoms with Crippen LogP contribution in [0.25, 0.3) is 0 Å². The second-order valence-corrected chi connectivity index (χ2v) is 8.03. The third-order valence-corrected chi connectivity index (χ3v) is 5.78. The van der Waals surface area contributed by atoms with Gasteiger partial charge >= 0.3 is 0 Å². The molecule has 2 amide bonds. The normalized spacial score (nSPS) is 18.4. The minimum atomic E-state index is -0.412. The maximum absolute atomic E-state index is 12.8. The monoisotopic (exact) mass is 436 g/mol. The zero-order valence-corrected chi connectivity index (χ0v) is 18.9. The number of hydrogen-bond donors (Lipinski definition) is 0. The van der Waals surface area contributed by atoms with E-state index in [2.05, 4.69) is 15.2 Å². The van der Waals surface area contributed by atoms with Crippen LogP contribution in [0.4, 0.5) is 0 Å². The highest BCUT2D eigenvalue weighted by Gasteiger charge is 2.26. The molecule has 3 heterocycles. The van der Waals surface area contributed by atoms with E-state index < -0.39 is 6.29 Å². The molecule has 0 aromatic carbocycles. The second kappa shape index (κ2) is 12.1. The molecule has 0 atom stereocenters. The molecule has 3 rings (SSSR count). The maximum Gasteiger partial charge on any atom is 0.276 e. The van der Waals surface area contributed by atoms with E-state index in [0.717, 1.165) is 25.9 Å². The van der Waals surface area contributed by atoms with Gasteiger partial charge in [0.15, 0.2) is 12.0 Å². The molecule has 2 saturated heterocycles. The van der Waals surface area contributed by atoms with Gasteiger partial charge in [-0.3, -0.25) is 14.5 Å². The lowest BCUT2D eigenvalue weighted by molar-refractivity contribution is -0.145. The van der Waals surface area contributed by atoms with Gasteiger partial charge in [0.05, 0.1) is 19.3 Å². The van der Waals surface area contributed by atoms with Gasteiger partial charge in [-0.05, 0) is 26.7 Å². The van der Waals surface area contributed by atoms with E-state index in [0.29, 0.717) is 58.2 Å². The molecule has 31 heavy (non-hydrogen) atoms. The van der Waals surface area contributed by atoms with Crippen LogP contribution < -0.4 is 0 Å². The first-order chi connectivity index (χ1) is 15.1. The molecule has 0 spiro atoms. The Balaban J connectivity index is 1.45. The van der Waals surface area contributed by atoms with Gasteiger partial charge in [0.25, 0.3) is 5.91 Å². The Morgan fingerprint density at radius 3 is 2.19 bits per heavy atom. The van der Waals surface area contributed by atoms with Gasteiger partial charge in [-0.15, -0.1) is 5.10 Å². The summed E-state index contributed by atoms with van der Waals surface area (Å²) in [6.07, 6.45) is 5.86. The van der Waals surface area contributed by atoms with Gasteiger partial charge in [0.1, 0.15) is 0 Å². The van der Waals surface area contributed by atoms with Crippen molar-refractivity contribution in [1.29, 1.82) is 0 Å². The van der Waals surface area contributed by atoms with E-state index in [1.807, 2.05) is 18.7 Å². The fourth-order valence-electron chi connectivity index (χ4n) is 4.05. The number of rotatable bonds is 9. The van der Waals surface area contributed by atoms with Crippen molar-refractivity contribution in [2.75, 3.05) is 59.0 Å². The van der Waals surface area contributed by atoms with Crippen molar-refractivity contribution in [2.45, 2.75) is 52.4 Å². The standard InChI is InChI=1S/C21H36N6O4/c1-3-30-20(31-4-2)17-27-15-18(22-23-27)21(29)26-13-11-24(12-14-26)16-19(28)25-9-7-5-6-8-10-25/h15,20H,3-14,16-17H2,1-2H3. The summed E-state index contributed by atoms with van der Waals surface area (Å²) in [5.41, 5.74) is 0.320. The van der Waals surface area contributed by atoms with Gasteiger partial charge in [0.2, 0.25) is 5.91 Å². The molecule has 0 N–H and O–H groups in total. The molecule has 2 fully saturated rings. The molecule has 1 aromatic heterocycles. The molecular formula is C21H36N6O4. The summed E-state index contributed by atoms with van der Waals surface area (Å²) in [5.74, 6) is 0.0804. The van der Waals surface area contributed by atoms with E-state index in [1.54, 1.807) is 15.8 Å². The number of aromatic nitrogens is 3. The van der Waals surface area contributed by atoms with E-state index >= 15 is 0 Å². The van der Waals surface area contributed by atoms with Crippen molar-refractivity contribution >= 4 is 11.8 Å². The van der Waals surface area contributed by atoms with Gasteiger partial charge in [-0.1, -0.05) is 18.1 Å². The van der Waals surface area contributed by atoms with E-state index in [1.165, 1.54) is 12.8 Å². The lowest BCUT2D eigenvalue weighted by atomic mass is 10.2. The molecule has 0 aliphatic carbocycles. The Labute approximate surface area is 184 Å². The largest absolute Gasteiger partial charge is 0.351 e. The highest BCUT2D eigenvalue weighted by Crippen LogP contribution is 2.12. The van der Waals surface area contributed by atoms with E-state index in [-0.39, 0.29) is 11.8 Å². The Morgan fingerprint density at radius 1 is 0.935 bits per heavy atom. The fraction of sp³-hybridized carbons (Fsp3) is 0.810. The Bertz CT molecular complexity index is 690. The number of piperazine rings is 1. The van der Waals surface area contributed by atoms with Crippen LogP contribution in [-0.4, -0.2) is 107 Å². The molecule has 1 aromatic rings. The summed E-state index contributed by atoms with van der Waals surface area (Å²) in [6, 6.07) is 0. The molecule has 2 aliphatic rings. The van der Waals surface area contributed by atoms with Crippen LogP contribution in [0.5, 0.6) is 0 Å². The minimum absolute atomic E-state index is 0.130. The lowest BCUT2D eigenvalue weighted by Gasteiger charge is -2.35. The fourth-order valence-corrected chi connectivity index (χ4v) is 4.05. The number of ether oxygens (including phenoxy) is 2. The van der Waals surface area contributed by atoms with Crippen molar-refractivity contribution in [3.63, 3.8) is 0 Å². The van der Waals surface area contributed by atoms with E-state index in [4.69, 9.17) is 9.47 Å². The highest BCUT2D eigenvalue weighted by molar-refractivity contribution is 5.92. The number of nitrogens with zero attached hydrogens (tertiary/aromatic N) is 6. The highest BCUT2D eigenvalue weighted by atomic mass is 16.7. The summed E-state index contributed by atoms with van der Waals surface area (Å²) in [5, 5.41) is 8.09. The molecular weight excluding hydrogens is 400 g/mol. The van der Waals surface area contributed by atoms with Crippen molar-refractivity contribution in [1.82, 2.24) is 29.7 Å². The predicted octanol–water partition coefficient (Wildman–Crippen LogP) is 0.838. The quantitative estimate of drug-likeness (QED) is 0.530. The Hall–Kier alpha value is -2.04. The van der Waals surface area contributed by atoms with Gasteiger partial charge < -0.3 is 19.3 Å². The molecule has 0 bridgehead atoms. The zero-order chi connectivity index (χ0) is 22.1. The molecule has 10 nitrogen and oxygen atoms in total. The second-order valence-electron chi connectivity index (χ2n) is 8.03. The summed E-state index contributed by atoms with van der Waals surface area (Å²) >= 11 is 0. The summed E-state index contributed by atoms with van der Waals surface area (Å²) in [4.78, 5) is 31.3. The van der Waals surface area contributed by atoms with Crippen molar-refractivity contribution < 1.29 is 19.1 Å². The van der Waals surface area contributed by atoms with Crippen LogP contribution in [0.1, 0.15) is 50.0 Å². The van der Waals surface area contributed by atoms with Crippen molar-refractivity contribution in [2.24, 2.45) is 0 Å². The minimum Gasteiger partial charge on any atom is -0.351 e. The SMILES string of the molecule is CCOC(Cn1cc(C(=O)N2CCN(CC(=O)N3CCCCCC3)CC2)nn1)OCC. The molecule has 0 unspecified atom stereocenters. The van der Waals surface area contributed by atoms with Crippen LogP contribution in [0.3, 0.4) is 0 Å². The Morgan fingerprint density at radius 2 is 1.58 bits per heavy atom. The molecule has 174 valence electrons. The topological polar surface area (TPSA) is 93.0 Å². The Kier molecular flexibility index (Phi) is 9.23. The van der Waals surface area contributed by atoms with Crippen LogP contribution >= 0.6 is 0 Å².